The second-order valence-corrected chi connectivity index (χ2v) is 5.00. The van der Waals surface area contributed by atoms with Gasteiger partial charge in [0.25, 0.3) is 0 Å². The van der Waals surface area contributed by atoms with Gasteiger partial charge in [-0.3, -0.25) is 4.99 Å². The van der Waals surface area contributed by atoms with Gasteiger partial charge in [0.05, 0.1) is 5.69 Å². The zero-order valence-corrected chi connectivity index (χ0v) is 10.6. The maximum absolute atomic E-state index is 4.57. The molecule has 2 rings (SSSR count). The lowest BCUT2D eigenvalue weighted by molar-refractivity contribution is 1.29. The van der Waals surface area contributed by atoms with Crippen molar-refractivity contribution in [2.75, 3.05) is 0 Å². The Labute approximate surface area is 100 Å². The second kappa shape index (κ2) is 4.62. The highest BCUT2D eigenvalue weighted by molar-refractivity contribution is 7.11. The molecule has 2 aromatic rings. The van der Waals surface area contributed by atoms with Gasteiger partial charge < -0.3 is 0 Å². The summed E-state index contributed by atoms with van der Waals surface area (Å²) < 4.78 is 0. The van der Waals surface area contributed by atoms with Crippen LogP contribution in [0.15, 0.2) is 34.6 Å². The number of thiophene rings is 1. The minimum atomic E-state index is 1.10. The smallest absolute Gasteiger partial charge is 0.0688 e. The van der Waals surface area contributed by atoms with Crippen molar-refractivity contribution < 1.29 is 0 Å². The zero-order valence-electron chi connectivity index (χ0n) is 9.82. The minimum Gasteiger partial charge on any atom is -0.255 e. The van der Waals surface area contributed by atoms with Crippen molar-refractivity contribution in [3.05, 3.63) is 51.2 Å². The molecular weight excluding hydrogens is 214 g/mol. The summed E-state index contributed by atoms with van der Waals surface area (Å²) in [4.78, 5) is 5.77. The van der Waals surface area contributed by atoms with Gasteiger partial charge in [0, 0.05) is 11.1 Å². The van der Waals surface area contributed by atoms with Crippen molar-refractivity contribution in [2.24, 2.45) is 4.99 Å². The quantitative estimate of drug-likeness (QED) is 0.676. The molecule has 0 spiro atoms. The van der Waals surface area contributed by atoms with E-state index in [-0.39, 0.29) is 0 Å². The lowest BCUT2D eigenvalue weighted by Gasteiger charge is -2.05. The number of hydrogen-bond donors (Lipinski definition) is 0. The Hall–Kier alpha value is -1.41. The maximum atomic E-state index is 4.57. The van der Waals surface area contributed by atoms with E-state index in [0.717, 1.165) is 5.69 Å². The predicted octanol–water partition coefficient (Wildman–Crippen LogP) is 4.42. The van der Waals surface area contributed by atoms with Gasteiger partial charge in [-0.15, -0.1) is 11.3 Å². The molecule has 0 bridgehead atoms. The average Bonchev–Trinajstić information content (AvgIpc) is 2.68. The molecule has 1 aromatic heterocycles. The molecule has 0 aliphatic rings. The second-order valence-electron chi connectivity index (χ2n) is 4.02. The Morgan fingerprint density at radius 1 is 1.12 bits per heavy atom. The summed E-state index contributed by atoms with van der Waals surface area (Å²) in [5.41, 5.74) is 4.87. The monoisotopic (exact) mass is 229 g/mol. The van der Waals surface area contributed by atoms with E-state index in [1.54, 1.807) is 11.3 Å². The first kappa shape index (κ1) is 11.1. The van der Waals surface area contributed by atoms with E-state index in [1.165, 1.54) is 21.6 Å². The molecule has 1 heterocycles. The van der Waals surface area contributed by atoms with E-state index in [2.05, 4.69) is 49.3 Å². The van der Waals surface area contributed by atoms with Crippen LogP contribution in [0.1, 0.15) is 21.6 Å². The first-order valence-electron chi connectivity index (χ1n) is 5.32. The van der Waals surface area contributed by atoms with Crippen LogP contribution < -0.4 is 0 Å². The largest absolute Gasteiger partial charge is 0.255 e. The third-order valence-corrected chi connectivity index (χ3v) is 3.31. The van der Waals surface area contributed by atoms with Crippen molar-refractivity contribution >= 4 is 23.2 Å². The lowest BCUT2D eigenvalue weighted by Crippen LogP contribution is -1.84. The molecule has 0 aliphatic heterocycles. The fourth-order valence-electron chi connectivity index (χ4n) is 1.87. The highest BCUT2D eigenvalue weighted by Gasteiger charge is 2.01. The number of benzene rings is 1. The number of nitrogens with zero attached hydrogens (tertiary/aromatic N) is 1. The van der Waals surface area contributed by atoms with Crippen molar-refractivity contribution in [1.29, 1.82) is 0 Å². The Kier molecular flexibility index (Phi) is 3.20. The van der Waals surface area contributed by atoms with Crippen LogP contribution in [0.2, 0.25) is 0 Å². The van der Waals surface area contributed by atoms with Crippen molar-refractivity contribution in [3.8, 4) is 0 Å². The molecule has 16 heavy (non-hydrogen) atoms. The third-order valence-electron chi connectivity index (χ3n) is 2.50. The molecule has 1 nitrogen and oxygen atoms in total. The normalized spacial score (nSPS) is 11.2. The zero-order chi connectivity index (χ0) is 11.5. The Balaban J connectivity index is 2.35. The summed E-state index contributed by atoms with van der Waals surface area (Å²) in [7, 11) is 0. The highest BCUT2D eigenvalue weighted by Crippen LogP contribution is 2.25. The van der Waals surface area contributed by atoms with Gasteiger partial charge in [-0.1, -0.05) is 23.8 Å². The SMILES string of the molecule is Cc1cc(C)c(N=Cc2cccs2)c(C)c1. The van der Waals surface area contributed by atoms with Crippen LogP contribution in [-0.4, -0.2) is 6.21 Å². The van der Waals surface area contributed by atoms with Crippen LogP contribution in [0.5, 0.6) is 0 Å². The minimum absolute atomic E-state index is 1.10. The first-order chi connectivity index (χ1) is 7.66. The summed E-state index contributed by atoms with van der Waals surface area (Å²) in [6, 6.07) is 8.47. The maximum Gasteiger partial charge on any atom is 0.0688 e. The van der Waals surface area contributed by atoms with Gasteiger partial charge in [-0.25, -0.2) is 0 Å². The molecule has 0 unspecified atom stereocenters. The molecule has 0 saturated carbocycles. The molecule has 0 N–H and O–H groups in total. The summed E-state index contributed by atoms with van der Waals surface area (Å²) in [6.07, 6.45) is 1.94. The van der Waals surface area contributed by atoms with Crippen molar-refractivity contribution in [1.82, 2.24) is 0 Å². The van der Waals surface area contributed by atoms with Gasteiger partial charge in [-0.05, 0) is 43.3 Å². The van der Waals surface area contributed by atoms with E-state index >= 15 is 0 Å². The highest BCUT2D eigenvalue weighted by atomic mass is 32.1. The average molecular weight is 229 g/mol. The van der Waals surface area contributed by atoms with Gasteiger partial charge in [-0.2, -0.15) is 0 Å². The molecule has 82 valence electrons. The molecule has 0 aliphatic carbocycles. The van der Waals surface area contributed by atoms with Crippen LogP contribution in [0.25, 0.3) is 0 Å². The molecule has 0 saturated heterocycles. The Morgan fingerprint density at radius 2 is 1.81 bits per heavy atom. The first-order valence-corrected chi connectivity index (χ1v) is 6.20. The molecule has 0 fully saturated rings. The van der Waals surface area contributed by atoms with Crippen LogP contribution in [-0.2, 0) is 0 Å². The standard InChI is InChI=1S/C14H15NS/c1-10-7-11(2)14(12(3)8-10)15-9-13-5-4-6-16-13/h4-9H,1-3H3. The van der Waals surface area contributed by atoms with E-state index < -0.39 is 0 Å². The van der Waals surface area contributed by atoms with E-state index in [4.69, 9.17) is 0 Å². The topological polar surface area (TPSA) is 12.4 Å². The van der Waals surface area contributed by atoms with E-state index in [0.29, 0.717) is 0 Å². The van der Waals surface area contributed by atoms with Gasteiger partial charge in [0.2, 0.25) is 0 Å². The number of rotatable bonds is 2. The van der Waals surface area contributed by atoms with Gasteiger partial charge >= 0.3 is 0 Å². The fraction of sp³-hybridized carbons (Fsp3) is 0.214. The Bertz CT molecular complexity index is 487. The molecular formula is C14H15NS. The number of aliphatic imine (C=N–C) groups is 1. The van der Waals surface area contributed by atoms with Crippen molar-refractivity contribution in [3.63, 3.8) is 0 Å². The third kappa shape index (κ3) is 2.39. The molecule has 2 heteroatoms. The lowest BCUT2D eigenvalue weighted by atomic mass is 10.1. The number of aryl methyl sites for hydroxylation is 3. The predicted molar refractivity (Wildman–Crippen MR) is 72.2 cm³/mol. The molecule has 1 aromatic carbocycles. The van der Waals surface area contributed by atoms with Gasteiger partial charge in [0.1, 0.15) is 0 Å². The van der Waals surface area contributed by atoms with E-state index in [1.807, 2.05) is 12.3 Å². The molecule has 0 amide bonds. The van der Waals surface area contributed by atoms with Crippen LogP contribution >= 0.6 is 11.3 Å². The van der Waals surface area contributed by atoms with Crippen molar-refractivity contribution in [2.45, 2.75) is 20.8 Å². The molecule has 0 atom stereocenters. The van der Waals surface area contributed by atoms with Crippen LogP contribution in [0, 0.1) is 20.8 Å². The summed E-state index contributed by atoms with van der Waals surface area (Å²) in [6.45, 7) is 6.34. The van der Waals surface area contributed by atoms with E-state index in [9.17, 15) is 0 Å². The molecule has 0 radical (unpaired) electrons. The fourth-order valence-corrected chi connectivity index (χ4v) is 2.45. The summed E-state index contributed by atoms with van der Waals surface area (Å²) in [5, 5.41) is 2.07. The Morgan fingerprint density at radius 3 is 2.38 bits per heavy atom. The van der Waals surface area contributed by atoms with Gasteiger partial charge in [0.15, 0.2) is 0 Å². The summed E-state index contributed by atoms with van der Waals surface area (Å²) in [5.74, 6) is 0. The number of hydrogen-bond acceptors (Lipinski definition) is 2. The van der Waals surface area contributed by atoms with Crippen LogP contribution in [0.3, 0.4) is 0 Å². The van der Waals surface area contributed by atoms with Crippen LogP contribution in [0.4, 0.5) is 5.69 Å². The summed E-state index contributed by atoms with van der Waals surface area (Å²) >= 11 is 1.71.